The number of para-hydroxylation sites is 3. The summed E-state index contributed by atoms with van der Waals surface area (Å²) in [7, 11) is 0. The monoisotopic (exact) mass is 388 g/mol. The van der Waals surface area contributed by atoms with Gasteiger partial charge in [-0.25, -0.2) is 4.98 Å². The van der Waals surface area contributed by atoms with Gasteiger partial charge in [0, 0.05) is 28.7 Å². The van der Waals surface area contributed by atoms with Crippen LogP contribution in [-0.4, -0.2) is 14.5 Å². The van der Waals surface area contributed by atoms with Crippen molar-refractivity contribution in [3.8, 4) is 6.07 Å². The number of aromatic amines is 1. The summed E-state index contributed by atoms with van der Waals surface area (Å²) in [5, 5.41) is 11.0. The molecule has 0 unspecified atom stereocenters. The van der Waals surface area contributed by atoms with Crippen molar-refractivity contribution in [3.05, 3.63) is 102 Å². The van der Waals surface area contributed by atoms with E-state index in [1.165, 1.54) is 5.56 Å². The first kappa shape index (κ1) is 18.0. The van der Waals surface area contributed by atoms with Gasteiger partial charge in [-0.05, 0) is 36.8 Å². The molecule has 4 heteroatoms. The molecule has 0 bridgehead atoms. The molecule has 0 aliphatic carbocycles. The maximum atomic E-state index is 9.89. The Morgan fingerprint density at radius 3 is 2.53 bits per heavy atom. The van der Waals surface area contributed by atoms with Crippen LogP contribution in [0, 0.1) is 18.3 Å². The van der Waals surface area contributed by atoms with E-state index in [4.69, 9.17) is 0 Å². The number of hydrogen-bond acceptors (Lipinski definition) is 2. The van der Waals surface area contributed by atoms with Crippen molar-refractivity contribution in [2.24, 2.45) is 0 Å². The van der Waals surface area contributed by atoms with Crippen LogP contribution in [0.15, 0.2) is 78.9 Å². The average Bonchev–Trinajstić information content (AvgIpc) is 3.33. The molecule has 0 aliphatic heterocycles. The number of rotatable bonds is 4. The summed E-state index contributed by atoms with van der Waals surface area (Å²) in [5.74, 6) is 0.595. The van der Waals surface area contributed by atoms with Crippen LogP contribution >= 0.6 is 0 Å². The van der Waals surface area contributed by atoms with Gasteiger partial charge >= 0.3 is 0 Å². The largest absolute Gasteiger partial charge is 0.340 e. The van der Waals surface area contributed by atoms with Crippen molar-refractivity contribution in [2.45, 2.75) is 13.5 Å². The standard InChI is InChI=1S/C26H20N4/c1-18-22(15-20(16-27)26-28-23-12-6-7-13-24(23)29-26)21-11-5-8-14-25(21)30(18)17-19-9-3-2-4-10-19/h2-15H,17H2,1H3,(H,28,29)/b20-15-. The van der Waals surface area contributed by atoms with Crippen LogP contribution in [-0.2, 0) is 6.54 Å². The van der Waals surface area contributed by atoms with Gasteiger partial charge < -0.3 is 9.55 Å². The molecule has 0 aliphatic rings. The fraction of sp³-hybridized carbons (Fsp3) is 0.0769. The second kappa shape index (κ2) is 7.38. The highest BCUT2D eigenvalue weighted by Crippen LogP contribution is 2.30. The van der Waals surface area contributed by atoms with Crippen LogP contribution in [0.3, 0.4) is 0 Å². The molecule has 3 aromatic carbocycles. The van der Waals surface area contributed by atoms with Crippen LogP contribution in [0.4, 0.5) is 0 Å². The maximum Gasteiger partial charge on any atom is 0.149 e. The van der Waals surface area contributed by atoms with Gasteiger partial charge in [-0.15, -0.1) is 0 Å². The fourth-order valence-corrected chi connectivity index (χ4v) is 3.99. The summed E-state index contributed by atoms with van der Waals surface area (Å²) in [6.07, 6.45) is 1.96. The molecule has 0 saturated carbocycles. The zero-order valence-electron chi connectivity index (χ0n) is 16.6. The van der Waals surface area contributed by atoms with E-state index >= 15 is 0 Å². The van der Waals surface area contributed by atoms with Gasteiger partial charge in [-0.3, -0.25) is 0 Å². The topological polar surface area (TPSA) is 57.4 Å². The molecular weight excluding hydrogens is 368 g/mol. The predicted octanol–water partition coefficient (Wildman–Crippen LogP) is 5.94. The number of nitrogens with zero attached hydrogens (tertiary/aromatic N) is 3. The van der Waals surface area contributed by atoms with E-state index in [1.807, 2.05) is 42.5 Å². The minimum absolute atomic E-state index is 0.525. The van der Waals surface area contributed by atoms with Crippen LogP contribution in [0.25, 0.3) is 33.6 Å². The summed E-state index contributed by atoms with van der Waals surface area (Å²) in [6.45, 7) is 2.90. The summed E-state index contributed by atoms with van der Waals surface area (Å²) < 4.78 is 2.31. The van der Waals surface area contributed by atoms with Gasteiger partial charge in [0.1, 0.15) is 11.9 Å². The Labute approximate surface area is 174 Å². The van der Waals surface area contributed by atoms with Crippen LogP contribution in [0.5, 0.6) is 0 Å². The number of fused-ring (bicyclic) bond motifs is 2. The van der Waals surface area contributed by atoms with E-state index in [1.54, 1.807) is 0 Å². The quantitative estimate of drug-likeness (QED) is 0.387. The van der Waals surface area contributed by atoms with E-state index in [2.05, 4.69) is 70.0 Å². The molecule has 5 rings (SSSR count). The first-order valence-electron chi connectivity index (χ1n) is 9.93. The highest BCUT2D eigenvalue weighted by Gasteiger charge is 2.15. The molecule has 0 saturated heterocycles. The number of aromatic nitrogens is 3. The fourth-order valence-electron chi connectivity index (χ4n) is 3.99. The Balaban J connectivity index is 1.66. The lowest BCUT2D eigenvalue weighted by molar-refractivity contribution is 0.804. The smallest absolute Gasteiger partial charge is 0.149 e. The van der Waals surface area contributed by atoms with E-state index in [9.17, 15) is 5.26 Å². The number of hydrogen-bond donors (Lipinski definition) is 1. The highest BCUT2D eigenvalue weighted by atomic mass is 15.0. The molecule has 0 spiro atoms. The third kappa shape index (κ3) is 3.07. The molecule has 144 valence electrons. The Hall–Kier alpha value is -4.10. The molecule has 4 nitrogen and oxygen atoms in total. The van der Waals surface area contributed by atoms with E-state index in [-0.39, 0.29) is 0 Å². The van der Waals surface area contributed by atoms with E-state index in [0.717, 1.165) is 39.7 Å². The highest BCUT2D eigenvalue weighted by molar-refractivity contribution is 5.99. The lowest BCUT2D eigenvalue weighted by Gasteiger charge is -2.08. The Morgan fingerprint density at radius 1 is 1.00 bits per heavy atom. The summed E-state index contributed by atoms with van der Waals surface area (Å²) in [5.41, 5.74) is 6.90. The SMILES string of the molecule is Cc1c(/C=C(/C#N)c2nc3ccccc3[nH]2)c2ccccc2n1Cc1ccccc1. The number of imidazole rings is 1. The van der Waals surface area contributed by atoms with Gasteiger partial charge in [0.25, 0.3) is 0 Å². The number of nitrogens with one attached hydrogen (secondary N) is 1. The third-order valence-corrected chi connectivity index (χ3v) is 5.52. The molecule has 5 aromatic rings. The van der Waals surface area contributed by atoms with Crippen molar-refractivity contribution in [3.63, 3.8) is 0 Å². The predicted molar refractivity (Wildman–Crippen MR) is 122 cm³/mol. The van der Waals surface area contributed by atoms with Crippen LogP contribution < -0.4 is 0 Å². The van der Waals surface area contributed by atoms with E-state index < -0.39 is 0 Å². The minimum Gasteiger partial charge on any atom is -0.340 e. The second-order valence-corrected chi connectivity index (χ2v) is 7.36. The van der Waals surface area contributed by atoms with Crippen molar-refractivity contribution < 1.29 is 0 Å². The molecule has 2 heterocycles. The van der Waals surface area contributed by atoms with Gasteiger partial charge in [0.05, 0.1) is 16.6 Å². The van der Waals surface area contributed by atoms with Crippen LogP contribution in [0.1, 0.15) is 22.6 Å². The van der Waals surface area contributed by atoms with E-state index in [0.29, 0.717) is 11.4 Å². The Morgan fingerprint density at radius 2 is 1.73 bits per heavy atom. The lowest BCUT2D eigenvalue weighted by Crippen LogP contribution is -2.01. The normalized spacial score (nSPS) is 11.8. The van der Waals surface area contributed by atoms with Crippen LogP contribution in [0.2, 0.25) is 0 Å². The number of benzene rings is 3. The average molecular weight is 388 g/mol. The number of nitriles is 1. The maximum absolute atomic E-state index is 9.89. The first-order chi connectivity index (χ1) is 14.7. The molecule has 30 heavy (non-hydrogen) atoms. The van der Waals surface area contributed by atoms with Gasteiger partial charge in [-0.1, -0.05) is 60.7 Å². The minimum atomic E-state index is 0.525. The van der Waals surface area contributed by atoms with Crippen molar-refractivity contribution in [1.82, 2.24) is 14.5 Å². The molecule has 0 amide bonds. The number of allylic oxidation sites excluding steroid dienone is 1. The van der Waals surface area contributed by atoms with Crippen molar-refractivity contribution in [1.29, 1.82) is 5.26 Å². The molecule has 0 atom stereocenters. The molecular formula is C26H20N4. The molecule has 0 radical (unpaired) electrons. The first-order valence-corrected chi connectivity index (χ1v) is 9.93. The Kier molecular flexibility index (Phi) is 4.42. The lowest BCUT2D eigenvalue weighted by atomic mass is 10.1. The zero-order valence-corrected chi connectivity index (χ0v) is 16.6. The van der Waals surface area contributed by atoms with Gasteiger partial charge in [-0.2, -0.15) is 5.26 Å². The molecule has 0 fully saturated rings. The number of H-pyrrole nitrogens is 1. The second-order valence-electron chi connectivity index (χ2n) is 7.36. The molecule has 1 N–H and O–H groups in total. The van der Waals surface area contributed by atoms with Gasteiger partial charge in [0.2, 0.25) is 0 Å². The van der Waals surface area contributed by atoms with Crippen molar-refractivity contribution in [2.75, 3.05) is 0 Å². The van der Waals surface area contributed by atoms with Crippen molar-refractivity contribution >= 4 is 33.6 Å². The Bertz CT molecular complexity index is 1400. The molecule has 2 aromatic heterocycles. The zero-order chi connectivity index (χ0) is 20.5. The third-order valence-electron chi connectivity index (χ3n) is 5.52. The summed E-state index contributed by atoms with van der Waals surface area (Å²) in [4.78, 5) is 7.88. The summed E-state index contributed by atoms with van der Waals surface area (Å²) >= 11 is 0. The summed E-state index contributed by atoms with van der Waals surface area (Å²) in [6, 6.07) is 28.9. The van der Waals surface area contributed by atoms with Gasteiger partial charge in [0.15, 0.2) is 0 Å².